The molecule has 0 radical (unpaired) electrons. The van der Waals surface area contributed by atoms with Gasteiger partial charge in [0, 0.05) is 5.56 Å². The molecule has 0 fully saturated rings. The molecule has 0 heterocycles. The van der Waals surface area contributed by atoms with Crippen LogP contribution < -0.4 is 10.5 Å². The molecule has 2 N–H and O–H groups in total. The molecular weight excluding hydrogens is 226 g/mol. The summed E-state index contributed by atoms with van der Waals surface area (Å²) in [6.45, 7) is 10.4. The molecule has 0 amide bonds. The molecule has 1 rings (SSSR count). The number of aryl methyl sites for hydroxylation is 2. The second-order valence-electron chi connectivity index (χ2n) is 5.00. The highest BCUT2D eigenvalue weighted by molar-refractivity contribution is 6.01. The Morgan fingerprint density at radius 3 is 2.39 bits per heavy atom. The maximum absolute atomic E-state index is 12.3. The van der Waals surface area contributed by atoms with Gasteiger partial charge in [-0.15, -0.1) is 0 Å². The summed E-state index contributed by atoms with van der Waals surface area (Å²) in [4.78, 5) is 12.3. The monoisotopic (exact) mass is 249 g/mol. The average Bonchev–Trinajstić information content (AvgIpc) is 2.31. The van der Waals surface area contributed by atoms with E-state index < -0.39 is 6.04 Å². The molecule has 0 aliphatic rings. The van der Waals surface area contributed by atoms with E-state index in [0.29, 0.717) is 12.2 Å². The van der Waals surface area contributed by atoms with Crippen LogP contribution in [0, 0.1) is 19.8 Å². The Labute approximate surface area is 109 Å². The quantitative estimate of drug-likeness (QED) is 0.816. The number of benzene rings is 1. The number of hydrogen-bond acceptors (Lipinski definition) is 3. The molecule has 1 aromatic rings. The molecule has 0 aromatic heterocycles. The topological polar surface area (TPSA) is 52.3 Å². The zero-order chi connectivity index (χ0) is 13.9. The van der Waals surface area contributed by atoms with E-state index in [2.05, 4.69) is 0 Å². The van der Waals surface area contributed by atoms with Crippen molar-refractivity contribution in [2.45, 2.75) is 40.7 Å². The first-order valence-corrected chi connectivity index (χ1v) is 6.42. The number of ether oxygens (including phenoxy) is 1. The van der Waals surface area contributed by atoms with Crippen molar-refractivity contribution in [2.75, 3.05) is 6.61 Å². The van der Waals surface area contributed by atoms with Crippen molar-refractivity contribution in [1.29, 1.82) is 0 Å². The van der Waals surface area contributed by atoms with Crippen LogP contribution in [0.15, 0.2) is 12.1 Å². The molecule has 0 saturated heterocycles. The predicted octanol–water partition coefficient (Wildman–Crippen LogP) is 2.87. The molecule has 0 aliphatic heterocycles. The minimum Gasteiger partial charge on any atom is -0.494 e. The normalized spacial score (nSPS) is 12.6. The molecule has 0 aliphatic carbocycles. The van der Waals surface area contributed by atoms with Crippen LogP contribution in [-0.2, 0) is 0 Å². The first-order valence-electron chi connectivity index (χ1n) is 6.42. The van der Waals surface area contributed by atoms with E-state index in [1.54, 1.807) is 0 Å². The molecule has 0 spiro atoms. The van der Waals surface area contributed by atoms with Gasteiger partial charge in [0.15, 0.2) is 5.78 Å². The summed E-state index contributed by atoms with van der Waals surface area (Å²) in [5, 5.41) is 0. The minimum atomic E-state index is -0.443. The SMILES string of the molecule is CCOc1cc(C)c(C(=O)C(N)C(C)C)cc1C. The summed E-state index contributed by atoms with van der Waals surface area (Å²) in [5.74, 6) is 0.988. The molecule has 0 bridgehead atoms. The number of rotatable bonds is 5. The summed E-state index contributed by atoms with van der Waals surface area (Å²) in [5.41, 5.74) is 8.53. The number of carbonyl (C=O) groups is 1. The van der Waals surface area contributed by atoms with E-state index in [-0.39, 0.29) is 11.7 Å². The van der Waals surface area contributed by atoms with Crippen LogP contribution in [0.2, 0.25) is 0 Å². The van der Waals surface area contributed by atoms with Crippen LogP contribution in [0.4, 0.5) is 0 Å². The third kappa shape index (κ3) is 3.10. The second-order valence-corrected chi connectivity index (χ2v) is 5.00. The molecular formula is C15H23NO2. The Balaban J connectivity index is 3.11. The second kappa shape index (κ2) is 6.01. The van der Waals surface area contributed by atoms with Gasteiger partial charge in [-0.2, -0.15) is 0 Å². The van der Waals surface area contributed by atoms with Gasteiger partial charge in [-0.1, -0.05) is 13.8 Å². The lowest BCUT2D eigenvalue weighted by Gasteiger charge is -2.17. The summed E-state index contributed by atoms with van der Waals surface area (Å²) in [7, 11) is 0. The Morgan fingerprint density at radius 2 is 1.89 bits per heavy atom. The molecule has 1 unspecified atom stereocenters. The van der Waals surface area contributed by atoms with Crippen LogP contribution in [-0.4, -0.2) is 18.4 Å². The lowest BCUT2D eigenvalue weighted by molar-refractivity contribution is 0.0940. The zero-order valence-electron chi connectivity index (χ0n) is 11.9. The highest BCUT2D eigenvalue weighted by atomic mass is 16.5. The summed E-state index contributed by atoms with van der Waals surface area (Å²) in [6, 6.07) is 3.35. The lowest BCUT2D eigenvalue weighted by Crippen LogP contribution is -2.36. The van der Waals surface area contributed by atoms with Gasteiger partial charge in [-0.05, 0) is 49.9 Å². The smallest absolute Gasteiger partial charge is 0.180 e. The van der Waals surface area contributed by atoms with Crippen molar-refractivity contribution >= 4 is 5.78 Å². The van der Waals surface area contributed by atoms with Crippen molar-refractivity contribution in [3.05, 3.63) is 28.8 Å². The van der Waals surface area contributed by atoms with Crippen molar-refractivity contribution < 1.29 is 9.53 Å². The highest BCUT2D eigenvalue weighted by Gasteiger charge is 2.21. The van der Waals surface area contributed by atoms with E-state index in [4.69, 9.17) is 10.5 Å². The van der Waals surface area contributed by atoms with Gasteiger partial charge in [0.2, 0.25) is 0 Å². The summed E-state index contributed by atoms with van der Waals surface area (Å²) >= 11 is 0. The fraction of sp³-hybridized carbons (Fsp3) is 0.533. The molecule has 3 nitrogen and oxygen atoms in total. The minimum absolute atomic E-state index is 0.00801. The van der Waals surface area contributed by atoms with Gasteiger partial charge in [0.25, 0.3) is 0 Å². The van der Waals surface area contributed by atoms with E-state index in [0.717, 1.165) is 16.9 Å². The van der Waals surface area contributed by atoms with Crippen LogP contribution in [0.5, 0.6) is 5.75 Å². The van der Waals surface area contributed by atoms with E-state index in [9.17, 15) is 4.79 Å². The van der Waals surface area contributed by atoms with Crippen molar-refractivity contribution in [2.24, 2.45) is 11.7 Å². The van der Waals surface area contributed by atoms with Crippen LogP contribution >= 0.6 is 0 Å². The molecule has 1 atom stereocenters. The Bertz CT molecular complexity index is 438. The predicted molar refractivity (Wildman–Crippen MR) is 74.2 cm³/mol. The first kappa shape index (κ1) is 14.7. The lowest BCUT2D eigenvalue weighted by atomic mass is 9.92. The summed E-state index contributed by atoms with van der Waals surface area (Å²) < 4.78 is 5.52. The van der Waals surface area contributed by atoms with E-state index in [1.807, 2.05) is 46.8 Å². The number of hydrogen-bond donors (Lipinski definition) is 1. The maximum atomic E-state index is 12.3. The van der Waals surface area contributed by atoms with Gasteiger partial charge in [0.1, 0.15) is 5.75 Å². The van der Waals surface area contributed by atoms with Crippen molar-refractivity contribution in [3.63, 3.8) is 0 Å². The Hall–Kier alpha value is -1.35. The largest absolute Gasteiger partial charge is 0.494 e. The molecule has 18 heavy (non-hydrogen) atoms. The van der Waals surface area contributed by atoms with Crippen LogP contribution in [0.25, 0.3) is 0 Å². The summed E-state index contributed by atoms with van der Waals surface area (Å²) in [6.07, 6.45) is 0. The van der Waals surface area contributed by atoms with Gasteiger partial charge in [-0.3, -0.25) is 4.79 Å². The maximum Gasteiger partial charge on any atom is 0.180 e. The standard InChI is InChI=1S/C15H23NO2/c1-6-18-13-8-10(4)12(7-11(13)5)15(17)14(16)9(2)3/h7-9,14H,6,16H2,1-5H3. The number of carbonyl (C=O) groups excluding carboxylic acids is 1. The third-order valence-electron chi connectivity index (χ3n) is 3.11. The van der Waals surface area contributed by atoms with Gasteiger partial charge < -0.3 is 10.5 Å². The highest BCUT2D eigenvalue weighted by Crippen LogP contribution is 2.24. The van der Waals surface area contributed by atoms with E-state index in [1.165, 1.54) is 0 Å². The first-order chi connectivity index (χ1) is 8.38. The van der Waals surface area contributed by atoms with Gasteiger partial charge >= 0.3 is 0 Å². The number of Topliss-reactive ketones (excluding diaryl/α,β-unsaturated/α-hetero) is 1. The van der Waals surface area contributed by atoms with Gasteiger partial charge in [-0.25, -0.2) is 0 Å². The Kier molecular flexibility index (Phi) is 4.91. The van der Waals surface area contributed by atoms with E-state index >= 15 is 0 Å². The fourth-order valence-corrected chi connectivity index (χ4v) is 1.85. The van der Waals surface area contributed by atoms with Crippen molar-refractivity contribution in [3.8, 4) is 5.75 Å². The number of nitrogens with two attached hydrogens (primary N) is 1. The van der Waals surface area contributed by atoms with Gasteiger partial charge in [0.05, 0.1) is 12.6 Å². The molecule has 3 heteroatoms. The molecule has 100 valence electrons. The molecule has 1 aromatic carbocycles. The number of ketones is 1. The average molecular weight is 249 g/mol. The van der Waals surface area contributed by atoms with Crippen molar-refractivity contribution in [1.82, 2.24) is 0 Å². The van der Waals surface area contributed by atoms with Crippen LogP contribution in [0.1, 0.15) is 42.3 Å². The Morgan fingerprint density at radius 1 is 1.28 bits per heavy atom. The zero-order valence-corrected chi connectivity index (χ0v) is 11.9. The molecule has 0 saturated carbocycles. The van der Waals surface area contributed by atoms with Crippen LogP contribution in [0.3, 0.4) is 0 Å². The third-order valence-corrected chi connectivity index (χ3v) is 3.11. The fourth-order valence-electron chi connectivity index (χ4n) is 1.85.